The number of amides is 1. The van der Waals surface area contributed by atoms with Crippen LogP contribution in [0.3, 0.4) is 0 Å². The van der Waals surface area contributed by atoms with E-state index >= 15 is 0 Å². The van der Waals surface area contributed by atoms with Gasteiger partial charge in [-0.1, -0.05) is 0 Å². The fraction of sp³-hybridized carbons (Fsp3) is 0.400. The molecule has 0 bridgehead atoms. The van der Waals surface area contributed by atoms with Gasteiger partial charge in [-0.2, -0.15) is 8.78 Å². The maximum Gasteiger partial charge on any atom is 0.388 e. The predicted octanol–water partition coefficient (Wildman–Crippen LogP) is 2.56. The monoisotopic (exact) mass is 264 g/mol. The molecule has 94 valence electrons. The van der Waals surface area contributed by atoms with Crippen LogP contribution in [0.25, 0.3) is 0 Å². The number of pyridine rings is 1. The number of halogens is 3. The molecule has 0 aromatic carbocycles. The van der Waals surface area contributed by atoms with Crippen molar-refractivity contribution in [2.24, 2.45) is 0 Å². The van der Waals surface area contributed by atoms with Crippen LogP contribution in [0.4, 0.5) is 14.5 Å². The molecule has 0 aliphatic rings. The molecule has 1 aromatic rings. The first-order chi connectivity index (χ1) is 7.90. The lowest BCUT2D eigenvalue weighted by Gasteiger charge is -2.10. The molecule has 1 unspecified atom stereocenters. The number of ether oxygens (including phenoxy) is 1. The molecule has 7 heteroatoms. The van der Waals surface area contributed by atoms with E-state index < -0.39 is 17.9 Å². The number of hydrogen-bond acceptors (Lipinski definition) is 3. The Morgan fingerprint density at radius 3 is 2.71 bits per heavy atom. The maximum absolute atomic E-state index is 12.0. The first-order valence-corrected chi connectivity index (χ1v) is 5.20. The molecule has 4 nitrogen and oxygen atoms in total. The van der Waals surface area contributed by atoms with Crippen molar-refractivity contribution in [1.82, 2.24) is 4.98 Å². The van der Waals surface area contributed by atoms with E-state index in [1.807, 2.05) is 0 Å². The van der Waals surface area contributed by atoms with Gasteiger partial charge >= 0.3 is 6.61 Å². The summed E-state index contributed by atoms with van der Waals surface area (Å²) in [7, 11) is 0. The normalized spacial score (nSPS) is 12.4. The minimum absolute atomic E-state index is 0.170. The minimum atomic E-state index is -2.93. The molecule has 0 radical (unpaired) electrons. The molecular formula is C10H11ClF2N2O2. The molecule has 1 amide bonds. The lowest BCUT2D eigenvalue weighted by molar-refractivity contribution is -0.115. The van der Waals surface area contributed by atoms with E-state index in [0.717, 1.165) is 0 Å². The van der Waals surface area contributed by atoms with Crippen LogP contribution in [-0.4, -0.2) is 22.9 Å². The van der Waals surface area contributed by atoms with Crippen molar-refractivity contribution in [3.8, 4) is 5.88 Å². The zero-order valence-electron chi connectivity index (χ0n) is 9.21. The van der Waals surface area contributed by atoms with E-state index in [9.17, 15) is 13.6 Å². The number of nitrogens with zero attached hydrogens (tertiary/aromatic N) is 1. The Kier molecular flexibility index (Phi) is 4.62. The van der Waals surface area contributed by atoms with Gasteiger partial charge in [0.2, 0.25) is 11.8 Å². The predicted molar refractivity (Wildman–Crippen MR) is 59.6 cm³/mol. The van der Waals surface area contributed by atoms with E-state index in [4.69, 9.17) is 11.6 Å². The minimum Gasteiger partial charge on any atom is -0.417 e. The first-order valence-electron chi connectivity index (χ1n) is 4.76. The van der Waals surface area contributed by atoms with Crippen molar-refractivity contribution >= 4 is 23.2 Å². The quantitative estimate of drug-likeness (QED) is 0.851. The van der Waals surface area contributed by atoms with Gasteiger partial charge in [-0.05, 0) is 19.9 Å². The second kappa shape index (κ2) is 5.77. The van der Waals surface area contributed by atoms with Gasteiger partial charge in [0, 0.05) is 5.56 Å². The Hall–Kier alpha value is -1.43. The number of aromatic nitrogens is 1. The molecule has 0 saturated carbocycles. The Morgan fingerprint density at radius 1 is 1.59 bits per heavy atom. The summed E-state index contributed by atoms with van der Waals surface area (Å²) < 4.78 is 28.1. The van der Waals surface area contributed by atoms with Crippen LogP contribution in [0.1, 0.15) is 12.5 Å². The van der Waals surface area contributed by atoms with E-state index in [2.05, 4.69) is 15.0 Å². The molecule has 1 heterocycles. The van der Waals surface area contributed by atoms with Gasteiger partial charge < -0.3 is 10.1 Å². The third-order valence-corrected chi connectivity index (χ3v) is 2.06. The Bertz CT molecular complexity index is 413. The van der Waals surface area contributed by atoms with Gasteiger partial charge in [0.25, 0.3) is 0 Å². The number of hydrogen-bond donors (Lipinski definition) is 1. The summed E-state index contributed by atoms with van der Waals surface area (Å²) in [5.74, 6) is -0.563. The highest BCUT2D eigenvalue weighted by Gasteiger charge is 2.12. The van der Waals surface area contributed by atoms with E-state index in [-0.39, 0.29) is 5.88 Å². The molecule has 0 aliphatic heterocycles. The summed E-state index contributed by atoms with van der Waals surface area (Å²) in [6.45, 7) is 0.139. The van der Waals surface area contributed by atoms with Crippen LogP contribution in [0, 0.1) is 6.92 Å². The van der Waals surface area contributed by atoms with E-state index in [1.165, 1.54) is 19.2 Å². The van der Waals surface area contributed by atoms with Crippen LogP contribution in [-0.2, 0) is 4.79 Å². The fourth-order valence-electron chi connectivity index (χ4n) is 1.08. The van der Waals surface area contributed by atoms with Gasteiger partial charge in [-0.25, -0.2) is 4.98 Å². The third kappa shape index (κ3) is 4.14. The Labute approximate surface area is 102 Å². The van der Waals surface area contributed by atoms with Crippen molar-refractivity contribution in [1.29, 1.82) is 0 Å². The summed E-state index contributed by atoms with van der Waals surface area (Å²) in [5.41, 5.74) is 0.770. The molecule has 1 rings (SSSR count). The second-order valence-electron chi connectivity index (χ2n) is 3.33. The molecule has 17 heavy (non-hydrogen) atoms. The number of aryl methyl sites for hydroxylation is 1. The first kappa shape index (κ1) is 13.6. The molecule has 0 aliphatic carbocycles. The Morgan fingerprint density at radius 2 is 2.24 bits per heavy atom. The summed E-state index contributed by atoms with van der Waals surface area (Å²) >= 11 is 5.56. The number of rotatable bonds is 4. The zero-order valence-corrected chi connectivity index (χ0v) is 9.96. The van der Waals surface area contributed by atoms with Crippen molar-refractivity contribution in [2.45, 2.75) is 25.8 Å². The summed E-state index contributed by atoms with van der Waals surface area (Å²) in [6.07, 6.45) is 1.22. The van der Waals surface area contributed by atoms with E-state index in [1.54, 1.807) is 6.92 Å². The molecule has 0 fully saturated rings. The number of nitrogens with one attached hydrogen (secondary N) is 1. The van der Waals surface area contributed by atoms with Crippen molar-refractivity contribution in [3.05, 3.63) is 17.8 Å². The van der Waals surface area contributed by atoms with Crippen LogP contribution in [0.5, 0.6) is 5.88 Å². The van der Waals surface area contributed by atoms with Crippen molar-refractivity contribution < 1.29 is 18.3 Å². The van der Waals surface area contributed by atoms with Crippen LogP contribution in [0.15, 0.2) is 12.3 Å². The topological polar surface area (TPSA) is 51.2 Å². The van der Waals surface area contributed by atoms with Gasteiger partial charge in [-0.15, -0.1) is 11.6 Å². The summed E-state index contributed by atoms with van der Waals surface area (Å²) in [4.78, 5) is 14.9. The number of anilines is 1. The summed E-state index contributed by atoms with van der Waals surface area (Å²) in [6, 6.07) is 1.47. The largest absolute Gasteiger partial charge is 0.417 e. The second-order valence-corrected chi connectivity index (χ2v) is 3.98. The van der Waals surface area contributed by atoms with Gasteiger partial charge in [-0.3, -0.25) is 4.79 Å². The lowest BCUT2D eigenvalue weighted by atomic mass is 10.2. The molecule has 0 saturated heterocycles. The average molecular weight is 265 g/mol. The van der Waals surface area contributed by atoms with Crippen LogP contribution < -0.4 is 10.1 Å². The zero-order chi connectivity index (χ0) is 13.0. The van der Waals surface area contributed by atoms with E-state index in [0.29, 0.717) is 11.3 Å². The standard InChI is InChI=1S/C10H11ClF2N2O2/c1-5-3-7(15-8(16)6(2)11)4-14-9(5)17-10(12)13/h3-4,6,10H,1-2H3,(H,15,16). The lowest BCUT2D eigenvalue weighted by Crippen LogP contribution is -2.20. The molecule has 0 spiro atoms. The Balaban J connectivity index is 2.78. The third-order valence-electron chi connectivity index (χ3n) is 1.86. The summed E-state index contributed by atoms with van der Waals surface area (Å²) in [5, 5.41) is 1.80. The van der Waals surface area contributed by atoms with Crippen LogP contribution >= 0.6 is 11.6 Å². The molecular weight excluding hydrogens is 254 g/mol. The highest BCUT2D eigenvalue weighted by Crippen LogP contribution is 2.20. The highest BCUT2D eigenvalue weighted by atomic mass is 35.5. The fourth-order valence-corrected chi connectivity index (χ4v) is 1.13. The van der Waals surface area contributed by atoms with Crippen molar-refractivity contribution in [3.63, 3.8) is 0 Å². The smallest absolute Gasteiger partial charge is 0.388 e. The number of alkyl halides is 3. The van der Waals surface area contributed by atoms with Crippen molar-refractivity contribution in [2.75, 3.05) is 5.32 Å². The number of carbonyl (C=O) groups excluding carboxylic acids is 1. The number of carbonyl (C=O) groups is 1. The van der Waals surface area contributed by atoms with Gasteiger partial charge in [0.15, 0.2) is 0 Å². The molecule has 1 N–H and O–H groups in total. The molecule has 1 atom stereocenters. The average Bonchev–Trinajstić information content (AvgIpc) is 2.21. The molecule has 1 aromatic heterocycles. The highest BCUT2D eigenvalue weighted by molar-refractivity contribution is 6.32. The van der Waals surface area contributed by atoms with Gasteiger partial charge in [0.1, 0.15) is 5.38 Å². The maximum atomic E-state index is 12.0. The SMILES string of the molecule is Cc1cc(NC(=O)C(C)Cl)cnc1OC(F)F. The van der Waals surface area contributed by atoms with Gasteiger partial charge in [0.05, 0.1) is 11.9 Å². The van der Waals surface area contributed by atoms with Crippen LogP contribution in [0.2, 0.25) is 0 Å².